The first-order valence-electron chi connectivity index (χ1n) is 5.55. The molecule has 0 radical (unpaired) electrons. The molecule has 0 saturated carbocycles. The summed E-state index contributed by atoms with van der Waals surface area (Å²) in [5, 5.41) is 5.85. The zero-order valence-corrected chi connectivity index (χ0v) is 12.5. The summed E-state index contributed by atoms with van der Waals surface area (Å²) in [7, 11) is 0. The summed E-state index contributed by atoms with van der Waals surface area (Å²) >= 11 is 4.93. The van der Waals surface area contributed by atoms with Crippen molar-refractivity contribution in [2.75, 3.05) is 0 Å². The highest BCUT2D eigenvalue weighted by atomic mass is 79.9. The molecule has 0 aliphatic carbocycles. The molecule has 0 aliphatic rings. The van der Waals surface area contributed by atoms with Gasteiger partial charge in [0.05, 0.1) is 11.6 Å². The van der Waals surface area contributed by atoms with Crippen molar-refractivity contribution in [2.45, 2.75) is 19.9 Å². The number of aromatic nitrogens is 1. The quantitative estimate of drug-likeness (QED) is 0.935. The van der Waals surface area contributed by atoms with Gasteiger partial charge in [0.15, 0.2) is 0 Å². The van der Waals surface area contributed by atoms with E-state index in [-0.39, 0.29) is 11.9 Å². The van der Waals surface area contributed by atoms with Crippen molar-refractivity contribution in [2.24, 2.45) is 0 Å². The third-order valence-electron chi connectivity index (χ3n) is 2.47. The fraction of sp³-hybridized carbons (Fsp3) is 0.231. The van der Waals surface area contributed by atoms with Crippen molar-refractivity contribution < 1.29 is 4.79 Å². The Bertz CT molecular complexity index is 568. The van der Waals surface area contributed by atoms with E-state index in [1.165, 1.54) is 0 Å². The number of carbonyl (C=O) groups excluding carboxylic acids is 1. The van der Waals surface area contributed by atoms with Gasteiger partial charge in [-0.1, -0.05) is 12.1 Å². The number of carbonyl (C=O) groups is 1. The standard InChI is InChI=1S/C13H13BrN2OS/c1-8-7-18-13(15-8)9(2)16-12(17)10-5-3-4-6-11(10)14/h3-7,9H,1-2H3,(H,16,17). The molecule has 0 aliphatic heterocycles. The van der Waals surface area contributed by atoms with Gasteiger partial charge in [-0.15, -0.1) is 11.3 Å². The second-order valence-corrected chi connectivity index (χ2v) is 5.75. The Labute approximate surface area is 118 Å². The second kappa shape index (κ2) is 5.63. The summed E-state index contributed by atoms with van der Waals surface area (Å²) in [5.74, 6) is -0.0946. The van der Waals surface area contributed by atoms with Crippen molar-refractivity contribution in [3.63, 3.8) is 0 Å². The lowest BCUT2D eigenvalue weighted by Crippen LogP contribution is -2.26. The molecular formula is C13H13BrN2OS. The van der Waals surface area contributed by atoms with Crippen molar-refractivity contribution in [3.8, 4) is 0 Å². The second-order valence-electron chi connectivity index (χ2n) is 4.00. The van der Waals surface area contributed by atoms with Crippen LogP contribution >= 0.6 is 27.3 Å². The van der Waals surface area contributed by atoms with Crippen molar-refractivity contribution in [1.29, 1.82) is 0 Å². The summed E-state index contributed by atoms with van der Waals surface area (Å²) in [4.78, 5) is 16.5. The lowest BCUT2D eigenvalue weighted by molar-refractivity contribution is 0.0939. The van der Waals surface area contributed by atoms with Crippen LogP contribution in [0.4, 0.5) is 0 Å². The van der Waals surface area contributed by atoms with Gasteiger partial charge in [-0.25, -0.2) is 4.98 Å². The highest BCUT2D eigenvalue weighted by molar-refractivity contribution is 9.10. The minimum absolute atomic E-state index is 0.0803. The van der Waals surface area contributed by atoms with E-state index in [9.17, 15) is 4.79 Å². The number of hydrogen-bond donors (Lipinski definition) is 1. The van der Waals surface area contributed by atoms with E-state index in [1.807, 2.05) is 37.4 Å². The third-order valence-corrected chi connectivity index (χ3v) is 4.31. The van der Waals surface area contributed by atoms with E-state index >= 15 is 0 Å². The van der Waals surface area contributed by atoms with Crippen LogP contribution in [0.25, 0.3) is 0 Å². The fourth-order valence-electron chi connectivity index (χ4n) is 1.55. The maximum Gasteiger partial charge on any atom is 0.252 e. The number of amides is 1. The molecule has 0 saturated heterocycles. The Morgan fingerprint density at radius 1 is 1.44 bits per heavy atom. The van der Waals surface area contributed by atoms with Gasteiger partial charge >= 0.3 is 0 Å². The van der Waals surface area contributed by atoms with E-state index < -0.39 is 0 Å². The molecule has 0 spiro atoms. The molecule has 1 N–H and O–H groups in total. The van der Waals surface area contributed by atoms with Crippen LogP contribution in [0, 0.1) is 6.92 Å². The monoisotopic (exact) mass is 324 g/mol. The van der Waals surface area contributed by atoms with Crippen LogP contribution in [0.5, 0.6) is 0 Å². The van der Waals surface area contributed by atoms with Crippen molar-refractivity contribution >= 4 is 33.2 Å². The van der Waals surface area contributed by atoms with Gasteiger partial charge < -0.3 is 5.32 Å². The van der Waals surface area contributed by atoms with Gasteiger partial charge in [-0.05, 0) is 41.9 Å². The lowest BCUT2D eigenvalue weighted by Gasteiger charge is -2.12. The lowest BCUT2D eigenvalue weighted by atomic mass is 10.2. The zero-order valence-electron chi connectivity index (χ0n) is 10.1. The number of nitrogens with one attached hydrogen (secondary N) is 1. The van der Waals surface area contributed by atoms with Gasteiger partial charge in [-0.3, -0.25) is 4.79 Å². The summed E-state index contributed by atoms with van der Waals surface area (Å²) < 4.78 is 0.796. The van der Waals surface area contributed by atoms with Gasteiger partial charge in [0.25, 0.3) is 5.91 Å². The molecule has 1 aromatic heterocycles. The van der Waals surface area contributed by atoms with Crippen LogP contribution in [-0.2, 0) is 0 Å². The first-order valence-corrected chi connectivity index (χ1v) is 7.22. The molecule has 1 heterocycles. The van der Waals surface area contributed by atoms with E-state index in [4.69, 9.17) is 0 Å². The molecule has 1 amide bonds. The van der Waals surface area contributed by atoms with Crippen molar-refractivity contribution in [3.05, 3.63) is 50.4 Å². The molecule has 2 rings (SSSR count). The van der Waals surface area contributed by atoms with Crippen LogP contribution in [0.1, 0.15) is 34.0 Å². The Kier molecular flexibility index (Phi) is 4.14. The molecule has 0 bridgehead atoms. The zero-order chi connectivity index (χ0) is 13.1. The molecule has 1 atom stereocenters. The van der Waals surface area contributed by atoms with E-state index in [0.29, 0.717) is 5.56 Å². The molecule has 3 nitrogen and oxygen atoms in total. The Morgan fingerprint density at radius 3 is 2.78 bits per heavy atom. The number of thiazole rings is 1. The minimum Gasteiger partial charge on any atom is -0.343 e. The Balaban J connectivity index is 2.10. The number of hydrogen-bond acceptors (Lipinski definition) is 3. The van der Waals surface area contributed by atoms with Crippen LogP contribution < -0.4 is 5.32 Å². The highest BCUT2D eigenvalue weighted by Gasteiger charge is 2.15. The maximum absolute atomic E-state index is 12.1. The summed E-state index contributed by atoms with van der Waals surface area (Å²) in [5.41, 5.74) is 1.62. The molecule has 94 valence electrons. The van der Waals surface area contributed by atoms with E-state index in [0.717, 1.165) is 15.2 Å². The predicted octanol–water partition coefficient (Wildman–Crippen LogP) is 3.71. The summed E-state index contributed by atoms with van der Waals surface area (Å²) in [6, 6.07) is 7.29. The van der Waals surface area contributed by atoms with E-state index in [1.54, 1.807) is 17.4 Å². The molecule has 2 aromatic rings. The van der Waals surface area contributed by atoms with Gasteiger partial charge in [0.1, 0.15) is 5.01 Å². The predicted molar refractivity (Wildman–Crippen MR) is 76.9 cm³/mol. The topological polar surface area (TPSA) is 42.0 Å². The van der Waals surface area contributed by atoms with Gasteiger partial charge in [0, 0.05) is 15.5 Å². The van der Waals surface area contributed by atoms with Crippen LogP contribution in [0.3, 0.4) is 0 Å². The SMILES string of the molecule is Cc1csc(C(C)NC(=O)c2ccccc2Br)n1. The van der Waals surface area contributed by atoms with Gasteiger partial charge in [0.2, 0.25) is 0 Å². The van der Waals surface area contributed by atoms with Crippen molar-refractivity contribution in [1.82, 2.24) is 10.3 Å². The average Bonchev–Trinajstić information content (AvgIpc) is 2.76. The molecular weight excluding hydrogens is 312 g/mol. The minimum atomic E-state index is -0.0946. The Morgan fingerprint density at radius 2 is 2.17 bits per heavy atom. The average molecular weight is 325 g/mol. The number of halogens is 1. The normalized spacial score (nSPS) is 12.2. The summed E-state index contributed by atoms with van der Waals surface area (Å²) in [6.07, 6.45) is 0. The smallest absolute Gasteiger partial charge is 0.252 e. The maximum atomic E-state index is 12.1. The van der Waals surface area contributed by atoms with Gasteiger partial charge in [-0.2, -0.15) is 0 Å². The van der Waals surface area contributed by atoms with E-state index in [2.05, 4.69) is 26.2 Å². The fourth-order valence-corrected chi connectivity index (χ4v) is 2.82. The highest BCUT2D eigenvalue weighted by Crippen LogP contribution is 2.20. The first-order chi connectivity index (χ1) is 8.58. The largest absolute Gasteiger partial charge is 0.343 e. The molecule has 18 heavy (non-hydrogen) atoms. The molecule has 1 unspecified atom stereocenters. The molecule has 1 aromatic carbocycles. The summed E-state index contributed by atoms with van der Waals surface area (Å²) in [6.45, 7) is 3.88. The number of benzene rings is 1. The first kappa shape index (κ1) is 13.2. The number of aryl methyl sites for hydroxylation is 1. The number of nitrogens with zero attached hydrogens (tertiary/aromatic N) is 1. The van der Waals surface area contributed by atoms with Crippen LogP contribution in [0.2, 0.25) is 0 Å². The molecule has 5 heteroatoms. The Hall–Kier alpha value is -1.20. The number of rotatable bonds is 3. The van der Waals surface area contributed by atoms with Crippen LogP contribution in [-0.4, -0.2) is 10.9 Å². The van der Waals surface area contributed by atoms with Crippen LogP contribution in [0.15, 0.2) is 34.1 Å². The molecule has 0 fully saturated rings. The third kappa shape index (κ3) is 2.97.